The normalized spacial score (nSPS) is 11.1. The number of imidazole rings is 1. The number of aryl methyl sites for hydroxylation is 1. The van der Waals surface area contributed by atoms with Crippen LogP contribution in [0.4, 0.5) is 4.39 Å². The van der Waals surface area contributed by atoms with Gasteiger partial charge < -0.3 is 9.67 Å². The Bertz CT molecular complexity index is 754. The summed E-state index contributed by atoms with van der Waals surface area (Å²) >= 11 is 0. The summed E-state index contributed by atoms with van der Waals surface area (Å²) in [5.74, 6) is 0.615. The van der Waals surface area contributed by atoms with Crippen LogP contribution in [0.1, 0.15) is 17.8 Å². The van der Waals surface area contributed by atoms with Crippen molar-refractivity contribution in [3.05, 3.63) is 59.8 Å². The Kier molecular flexibility index (Phi) is 3.92. The van der Waals surface area contributed by atoms with Gasteiger partial charge in [0, 0.05) is 19.2 Å². The number of halogens is 1. The molecule has 5 heteroatoms. The standard InChI is InChI=1S/C16H16FN3O/c17-13-5-1-4-12(10-13)11-20-15(7-3-9-21)19-14-6-2-8-18-16(14)20/h1-2,4-6,8,10,21H,3,7,9,11H2. The highest BCUT2D eigenvalue weighted by atomic mass is 19.1. The van der Waals surface area contributed by atoms with Crippen molar-refractivity contribution in [2.24, 2.45) is 0 Å². The quantitative estimate of drug-likeness (QED) is 0.783. The molecule has 0 unspecified atom stereocenters. The molecule has 108 valence electrons. The van der Waals surface area contributed by atoms with Gasteiger partial charge in [0.25, 0.3) is 0 Å². The zero-order valence-electron chi connectivity index (χ0n) is 11.5. The van der Waals surface area contributed by atoms with Gasteiger partial charge in [-0.05, 0) is 36.2 Å². The van der Waals surface area contributed by atoms with Gasteiger partial charge in [0.05, 0.1) is 6.54 Å². The maximum Gasteiger partial charge on any atom is 0.160 e. The van der Waals surface area contributed by atoms with Crippen molar-refractivity contribution in [1.82, 2.24) is 14.5 Å². The fraction of sp³-hybridized carbons (Fsp3) is 0.250. The SMILES string of the molecule is OCCCc1nc2cccnc2n1Cc1cccc(F)c1. The Morgan fingerprint density at radius 3 is 2.90 bits per heavy atom. The van der Waals surface area contributed by atoms with Crippen LogP contribution in [0.2, 0.25) is 0 Å². The van der Waals surface area contributed by atoms with Crippen molar-refractivity contribution in [1.29, 1.82) is 0 Å². The van der Waals surface area contributed by atoms with Gasteiger partial charge >= 0.3 is 0 Å². The third-order valence-corrected chi connectivity index (χ3v) is 3.37. The van der Waals surface area contributed by atoms with Crippen molar-refractivity contribution >= 4 is 11.2 Å². The average Bonchev–Trinajstić information content (AvgIpc) is 2.83. The molecular formula is C16H16FN3O. The van der Waals surface area contributed by atoms with Gasteiger partial charge in [0.15, 0.2) is 5.65 Å². The highest BCUT2D eigenvalue weighted by Crippen LogP contribution is 2.17. The predicted octanol–water partition coefficient (Wildman–Crippen LogP) is 2.54. The van der Waals surface area contributed by atoms with Gasteiger partial charge in [0.2, 0.25) is 0 Å². The van der Waals surface area contributed by atoms with Gasteiger partial charge in [-0.2, -0.15) is 0 Å². The van der Waals surface area contributed by atoms with Crippen LogP contribution in [-0.4, -0.2) is 26.2 Å². The summed E-state index contributed by atoms with van der Waals surface area (Å²) in [5.41, 5.74) is 2.47. The molecule has 0 aliphatic carbocycles. The molecule has 0 bridgehead atoms. The van der Waals surface area contributed by atoms with Gasteiger partial charge in [-0.25, -0.2) is 14.4 Å². The van der Waals surface area contributed by atoms with Crippen LogP contribution in [-0.2, 0) is 13.0 Å². The fourth-order valence-corrected chi connectivity index (χ4v) is 2.42. The summed E-state index contributed by atoms with van der Waals surface area (Å²) in [4.78, 5) is 8.94. The number of hydrogen-bond donors (Lipinski definition) is 1. The van der Waals surface area contributed by atoms with Crippen molar-refractivity contribution in [3.63, 3.8) is 0 Å². The molecule has 0 radical (unpaired) electrons. The fourth-order valence-electron chi connectivity index (χ4n) is 2.42. The van der Waals surface area contributed by atoms with E-state index in [9.17, 15) is 4.39 Å². The van der Waals surface area contributed by atoms with E-state index in [0.717, 1.165) is 22.6 Å². The number of aliphatic hydroxyl groups excluding tert-OH is 1. The molecule has 0 saturated carbocycles. The topological polar surface area (TPSA) is 50.9 Å². The Morgan fingerprint density at radius 2 is 2.10 bits per heavy atom. The summed E-state index contributed by atoms with van der Waals surface area (Å²) in [6.07, 6.45) is 3.04. The van der Waals surface area contributed by atoms with E-state index in [1.54, 1.807) is 12.3 Å². The van der Waals surface area contributed by atoms with Gasteiger partial charge in [-0.15, -0.1) is 0 Å². The minimum Gasteiger partial charge on any atom is -0.396 e. The zero-order chi connectivity index (χ0) is 14.7. The Hall–Kier alpha value is -2.27. The number of rotatable bonds is 5. The molecule has 3 aromatic rings. The lowest BCUT2D eigenvalue weighted by Crippen LogP contribution is -2.07. The van der Waals surface area contributed by atoms with E-state index in [2.05, 4.69) is 9.97 Å². The van der Waals surface area contributed by atoms with E-state index in [0.29, 0.717) is 19.4 Å². The molecule has 0 amide bonds. The minimum absolute atomic E-state index is 0.122. The first kappa shape index (κ1) is 13.7. The van der Waals surface area contributed by atoms with E-state index >= 15 is 0 Å². The van der Waals surface area contributed by atoms with Crippen LogP contribution in [0, 0.1) is 5.82 Å². The van der Waals surface area contributed by atoms with Gasteiger partial charge in [0.1, 0.15) is 17.2 Å². The summed E-state index contributed by atoms with van der Waals surface area (Å²) in [6, 6.07) is 10.3. The molecule has 1 N–H and O–H groups in total. The van der Waals surface area contributed by atoms with Crippen molar-refractivity contribution in [3.8, 4) is 0 Å². The number of nitrogens with zero attached hydrogens (tertiary/aromatic N) is 3. The lowest BCUT2D eigenvalue weighted by molar-refractivity contribution is 0.287. The molecule has 2 heterocycles. The van der Waals surface area contributed by atoms with Crippen LogP contribution < -0.4 is 0 Å². The Labute approximate surface area is 121 Å². The summed E-state index contributed by atoms with van der Waals surface area (Å²) < 4.78 is 15.3. The second-order valence-corrected chi connectivity index (χ2v) is 4.92. The van der Waals surface area contributed by atoms with Gasteiger partial charge in [-0.1, -0.05) is 12.1 Å². The highest BCUT2D eigenvalue weighted by molar-refractivity contribution is 5.71. The maximum absolute atomic E-state index is 13.3. The largest absolute Gasteiger partial charge is 0.396 e. The van der Waals surface area contributed by atoms with Crippen LogP contribution in [0.25, 0.3) is 11.2 Å². The number of hydrogen-bond acceptors (Lipinski definition) is 3. The molecule has 2 aromatic heterocycles. The molecule has 1 aromatic carbocycles. The Balaban J connectivity index is 2.02. The monoisotopic (exact) mass is 285 g/mol. The van der Waals surface area contributed by atoms with Crippen molar-refractivity contribution < 1.29 is 9.50 Å². The van der Waals surface area contributed by atoms with E-state index in [1.165, 1.54) is 12.1 Å². The molecule has 21 heavy (non-hydrogen) atoms. The third-order valence-electron chi connectivity index (χ3n) is 3.37. The smallest absolute Gasteiger partial charge is 0.160 e. The minimum atomic E-state index is -0.248. The predicted molar refractivity (Wildman–Crippen MR) is 78.4 cm³/mol. The third kappa shape index (κ3) is 2.92. The molecular weight excluding hydrogens is 269 g/mol. The first-order chi connectivity index (χ1) is 10.3. The highest BCUT2D eigenvalue weighted by Gasteiger charge is 2.11. The second kappa shape index (κ2) is 6.01. The second-order valence-electron chi connectivity index (χ2n) is 4.92. The van der Waals surface area contributed by atoms with Crippen molar-refractivity contribution in [2.75, 3.05) is 6.61 Å². The zero-order valence-corrected chi connectivity index (χ0v) is 11.5. The molecule has 0 aliphatic rings. The lowest BCUT2D eigenvalue weighted by atomic mass is 10.2. The molecule has 0 saturated heterocycles. The summed E-state index contributed by atoms with van der Waals surface area (Å²) in [6.45, 7) is 0.642. The maximum atomic E-state index is 13.3. The van der Waals surface area contributed by atoms with E-state index in [1.807, 2.05) is 22.8 Å². The lowest BCUT2D eigenvalue weighted by Gasteiger charge is -2.08. The van der Waals surface area contributed by atoms with E-state index in [-0.39, 0.29) is 12.4 Å². The first-order valence-corrected chi connectivity index (χ1v) is 6.93. The molecule has 0 fully saturated rings. The number of benzene rings is 1. The van der Waals surface area contributed by atoms with E-state index < -0.39 is 0 Å². The number of aromatic nitrogens is 3. The van der Waals surface area contributed by atoms with E-state index in [4.69, 9.17) is 5.11 Å². The van der Waals surface area contributed by atoms with Crippen LogP contribution in [0.3, 0.4) is 0 Å². The number of aliphatic hydroxyl groups is 1. The summed E-state index contributed by atoms with van der Waals surface area (Å²) in [5, 5.41) is 9.02. The van der Waals surface area contributed by atoms with Crippen LogP contribution >= 0.6 is 0 Å². The molecule has 3 rings (SSSR count). The number of pyridine rings is 1. The van der Waals surface area contributed by atoms with Crippen LogP contribution in [0.5, 0.6) is 0 Å². The number of fused-ring (bicyclic) bond motifs is 1. The molecule has 4 nitrogen and oxygen atoms in total. The van der Waals surface area contributed by atoms with Crippen molar-refractivity contribution in [2.45, 2.75) is 19.4 Å². The average molecular weight is 285 g/mol. The van der Waals surface area contributed by atoms with Crippen LogP contribution in [0.15, 0.2) is 42.6 Å². The summed E-state index contributed by atoms with van der Waals surface area (Å²) in [7, 11) is 0. The molecule has 0 spiro atoms. The first-order valence-electron chi connectivity index (χ1n) is 6.93. The molecule has 0 atom stereocenters. The Morgan fingerprint density at radius 1 is 1.19 bits per heavy atom. The van der Waals surface area contributed by atoms with Gasteiger partial charge in [-0.3, -0.25) is 0 Å². The molecule has 0 aliphatic heterocycles.